The second-order valence-electron chi connectivity index (χ2n) is 5.70. The first kappa shape index (κ1) is 21.9. The third-order valence-corrected chi connectivity index (χ3v) is 3.67. The van der Waals surface area contributed by atoms with Gasteiger partial charge >= 0.3 is 0 Å². The van der Waals surface area contributed by atoms with Crippen LogP contribution in [0.3, 0.4) is 0 Å². The van der Waals surface area contributed by atoms with Crippen LogP contribution in [0.2, 0.25) is 0 Å². The van der Waals surface area contributed by atoms with Gasteiger partial charge in [-0.25, -0.2) is 9.38 Å². The van der Waals surface area contributed by atoms with Crippen molar-refractivity contribution in [3.05, 3.63) is 70.5 Å². The predicted molar refractivity (Wildman–Crippen MR) is 113 cm³/mol. The number of amides is 1. The summed E-state index contributed by atoms with van der Waals surface area (Å²) in [6, 6.07) is 12.2. The van der Waals surface area contributed by atoms with Crippen molar-refractivity contribution in [1.82, 2.24) is 10.6 Å². The van der Waals surface area contributed by atoms with Crippen molar-refractivity contribution < 1.29 is 9.18 Å². The van der Waals surface area contributed by atoms with E-state index in [1.165, 1.54) is 6.07 Å². The monoisotopic (exact) mass is 470 g/mol. The summed E-state index contributed by atoms with van der Waals surface area (Å²) in [4.78, 5) is 15.7. The molecule has 0 saturated heterocycles. The summed E-state index contributed by atoms with van der Waals surface area (Å²) in [7, 11) is 0. The number of hydrogen-bond donors (Lipinski definition) is 3. The van der Waals surface area contributed by atoms with E-state index >= 15 is 0 Å². The number of carbonyl (C=O) groups is 1. The number of primary amides is 1. The Morgan fingerprint density at radius 1 is 1.15 bits per heavy atom. The first-order chi connectivity index (χ1) is 12.0. The summed E-state index contributed by atoms with van der Waals surface area (Å²) in [6.45, 7) is 5.27. The molecule has 0 aliphatic carbocycles. The van der Waals surface area contributed by atoms with E-state index in [1.807, 2.05) is 19.1 Å². The number of benzene rings is 2. The van der Waals surface area contributed by atoms with Gasteiger partial charge in [0.1, 0.15) is 5.82 Å². The highest BCUT2D eigenvalue weighted by Crippen LogP contribution is 2.09. The first-order valence-corrected chi connectivity index (χ1v) is 8.15. The number of guanidine groups is 1. The Kier molecular flexibility index (Phi) is 9.04. The van der Waals surface area contributed by atoms with Gasteiger partial charge in [-0.15, -0.1) is 24.0 Å². The third kappa shape index (κ3) is 6.62. The molecule has 4 N–H and O–H groups in total. The molecule has 0 atom stereocenters. The van der Waals surface area contributed by atoms with Crippen LogP contribution in [0.4, 0.5) is 4.39 Å². The Balaban J connectivity index is 0.00000338. The lowest BCUT2D eigenvalue weighted by atomic mass is 10.1. The minimum atomic E-state index is -0.461. The van der Waals surface area contributed by atoms with Gasteiger partial charge in [0.2, 0.25) is 5.91 Å². The Bertz CT molecular complexity index is 780. The summed E-state index contributed by atoms with van der Waals surface area (Å²) in [5.41, 5.74) is 8.10. The van der Waals surface area contributed by atoms with E-state index in [0.29, 0.717) is 36.7 Å². The average molecular weight is 470 g/mol. The fourth-order valence-corrected chi connectivity index (χ4v) is 2.27. The zero-order valence-corrected chi connectivity index (χ0v) is 17.2. The Morgan fingerprint density at radius 2 is 1.92 bits per heavy atom. The Labute approximate surface area is 170 Å². The van der Waals surface area contributed by atoms with Crippen LogP contribution in [-0.4, -0.2) is 18.4 Å². The number of nitrogens with zero attached hydrogens (tertiary/aromatic N) is 1. The summed E-state index contributed by atoms with van der Waals surface area (Å²) in [5, 5.41) is 6.31. The van der Waals surface area contributed by atoms with E-state index in [4.69, 9.17) is 5.73 Å². The number of nitrogens with two attached hydrogens (primary N) is 1. The van der Waals surface area contributed by atoms with E-state index in [9.17, 15) is 9.18 Å². The summed E-state index contributed by atoms with van der Waals surface area (Å²) >= 11 is 0. The molecule has 1 amide bonds. The maximum Gasteiger partial charge on any atom is 0.248 e. The summed E-state index contributed by atoms with van der Waals surface area (Å²) < 4.78 is 13.6. The van der Waals surface area contributed by atoms with E-state index in [-0.39, 0.29) is 29.8 Å². The van der Waals surface area contributed by atoms with Crippen molar-refractivity contribution in [2.24, 2.45) is 10.7 Å². The molecule has 0 bridgehead atoms. The molecular formula is C19H24FIN4O. The van der Waals surface area contributed by atoms with Crippen LogP contribution < -0.4 is 16.4 Å². The quantitative estimate of drug-likeness (QED) is 0.345. The van der Waals surface area contributed by atoms with Crippen LogP contribution in [-0.2, 0) is 13.1 Å². The van der Waals surface area contributed by atoms with Crippen LogP contribution in [0, 0.1) is 12.7 Å². The van der Waals surface area contributed by atoms with Gasteiger partial charge in [-0.1, -0.05) is 24.3 Å². The van der Waals surface area contributed by atoms with Crippen LogP contribution in [0.1, 0.15) is 34.0 Å². The highest BCUT2D eigenvalue weighted by molar-refractivity contribution is 14.0. The molecular weight excluding hydrogens is 446 g/mol. The lowest BCUT2D eigenvalue weighted by Crippen LogP contribution is -2.36. The SMILES string of the molecule is CCNC(=NCc1cccc(C(N)=O)c1)NCc1ccc(C)c(F)c1.I. The Hall–Kier alpha value is -2.16. The molecule has 0 fully saturated rings. The largest absolute Gasteiger partial charge is 0.366 e. The number of hydrogen-bond acceptors (Lipinski definition) is 2. The zero-order valence-electron chi connectivity index (χ0n) is 14.9. The van der Waals surface area contributed by atoms with Gasteiger partial charge in [-0.05, 0) is 48.7 Å². The van der Waals surface area contributed by atoms with Crippen LogP contribution in [0.15, 0.2) is 47.5 Å². The maximum atomic E-state index is 13.6. The number of aliphatic imine (C=N–C) groups is 1. The van der Waals surface area contributed by atoms with Crippen molar-refractivity contribution in [1.29, 1.82) is 0 Å². The molecule has 0 radical (unpaired) electrons. The number of aryl methyl sites for hydroxylation is 1. The fraction of sp³-hybridized carbons (Fsp3) is 0.263. The fourth-order valence-electron chi connectivity index (χ4n) is 2.27. The molecule has 0 saturated carbocycles. The number of halogens is 2. The van der Waals surface area contributed by atoms with Crippen molar-refractivity contribution in [3.63, 3.8) is 0 Å². The van der Waals surface area contributed by atoms with Crippen molar-refractivity contribution in [2.75, 3.05) is 6.54 Å². The normalized spacial score (nSPS) is 10.8. The molecule has 0 heterocycles. The molecule has 0 aliphatic heterocycles. The maximum absolute atomic E-state index is 13.6. The third-order valence-electron chi connectivity index (χ3n) is 3.67. The van der Waals surface area contributed by atoms with Gasteiger partial charge in [-0.3, -0.25) is 4.79 Å². The number of nitrogens with one attached hydrogen (secondary N) is 2. The smallest absolute Gasteiger partial charge is 0.248 e. The van der Waals surface area contributed by atoms with Crippen LogP contribution in [0.5, 0.6) is 0 Å². The molecule has 0 unspecified atom stereocenters. The highest BCUT2D eigenvalue weighted by atomic mass is 127. The molecule has 26 heavy (non-hydrogen) atoms. The second kappa shape index (κ2) is 10.7. The van der Waals surface area contributed by atoms with E-state index in [0.717, 1.165) is 11.1 Å². The van der Waals surface area contributed by atoms with E-state index in [2.05, 4.69) is 15.6 Å². The number of carbonyl (C=O) groups excluding carboxylic acids is 1. The Morgan fingerprint density at radius 3 is 2.58 bits per heavy atom. The summed E-state index contributed by atoms with van der Waals surface area (Å²) in [6.07, 6.45) is 0. The molecule has 7 heteroatoms. The summed E-state index contributed by atoms with van der Waals surface area (Å²) in [5.74, 6) is -0.0604. The van der Waals surface area contributed by atoms with Gasteiger partial charge < -0.3 is 16.4 Å². The van der Waals surface area contributed by atoms with Gasteiger partial charge in [0, 0.05) is 18.7 Å². The lowest BCUT2D eigenvalue weighted by molar-refractivity contribution is 0.1000. The minimum Gasteiger partial charge on any atom is -0.366 e. The predicted octanol–water partition coefficient (Wildman–Crippen LogP) is 3.11. The average Bonchev–Trinajstić information content (AvgIpc) is 2.60. The van der Waals surface area contributed by atoms with Crippen LogP contribution >= 0.6 is 24.0 Å². The highest BCUT2D eigenvalue weighted by Gasteiger charge is 2.03. The molecule has 0 aliphatic rings. The zero-order chi connectivity index (χ0) is 18.2. The van der Waals surface area contributed by atoms with E-state index in [1.54, 1.807) is 31.2 Å². The molecule has 2 aromatic rings. The van der Waals surface area contributed by atoms with E-state index < -0.39 is 5.91 Å². The molecule has 5 nitrogen and oxygen atoms in total. The minimum absolute atomic E-state index is 0. The molecule has 140 valence electrons. The first-order valence-electron chi connectivity index (χ1n) is 8.15. The van der Waals surface area contributed by atoms with Crippen LogP contribution in [0.25, 0.3) is 0 Å². The second-order valence-corrected chi connectivity index (χ2v) is 5.70. The van der Waals surface area contributed by atoms with Gasteiger partial charge in [0.15, 0.2) is 5.96 Å². The van der Waals surface area contributed by atoms with Crippen molar-refractivity contribution in [3.8, 4) is 0 Å². The topological polar surface area (TPSA) is 79.5 Å². The molecule has 0 spiro atoms. The molecule has 0 aromatic heterocycles. The van der Waals surface area contributed by atoms with Gasteiger partial charge in [0.25, 0.3) is 0 Å². The number of rotatable bonds is 6. The molecule has 2 rings (SSSR count). The van der Waals surface area contributed by atoms with Crippen molar-refractivity contribution >= 4 is 35.8 Å². The van der Waals surface area contributed by atoms with Gasteiger partial charge in [-0.2, -0.15) is 0 Å². The van der Waals surface area contributed by atoms with Crippen molar-refractivity contribution in [2.45, 2.75) is 26.9 Å². The molecule has 2 aromatic carbocycles. The lowest BCUT2D eigenvalue weighted by Gasteiger charge is -2.12. The standard InChI is InChI=1S/C19H23FN4O.HI/c1-3-22-19(24-12-15-8-7-13(2)17(20)10-15)23-11-14-5-4-6-16(9-14)18(21)25;/h4-10H,3,11-12H2,1-2H3,(H2,21,25)(H2,22,23,24);1H. The van der Waals surface area contributed by atoms with Gasteiger partial charge in [0.05, 0.1) is 6.54 Å².